The molecule has 2 aromatic rings. The maximum atomic E-state index is 13.1. The van der Waals surface area contributed by atoms with Gasteiger partial charge in [0, 0.05) is 0 Å². The Morgan fingerprint density at radius 1 is 1.15 bits per heavy atom. The molecule has 1 amide bonds. The van der Waals surface area contributed by atoms with Crippen LogP contribution in [0.1, 0.15) is 23.6 Å². The molecule has 7 heteroatoms. The molecule has 0 bridgehead atoms. The van der Waals surface area contributed by atoms with Crippen molar-refractivity contribution in [2.75, 3.05) is 13.9 Å². The van der Waals surface area contributed by atoms with Crippen molar-refractivity contribution in [3.63, 3.8) is 0 Å². The Hall–Kier alpha value is -3.09. The Morgan fingerprint density at radius 3 is 2.62 bits per heavy atom. The van der Waals surface area contributed by atoms with Gasteiger partial charge in [0.25, 0.3) is 0 Å². The molecule has 3 rings (SSSR count). The lowest BCUT2D eigenvalue weighted by Crippen LogP contribution is -2.31. The van der Waals surface area contributed by atoms with Gasteiger partial charge >= 0.3 is 5.97 Å². The largest absolute Gasteiger partial charge is 0.469 e. The number of halogens is 1. The third-order valence-corrected chi connectivity index (χ3v) is 4.01. The SMILES string of the molecule is COC(=O)C[C@H](NC(=O)Cc1ccc2c(c1)OCO2)c1ccc(F)cc1. The van der Waals surface area contributed by atoms with Crippen molar-refractivity contribution < 1.29 is 28.2 Å². The molecule has 0 aliphatic carbocycles. The minimum atomic E-state index is -0.607. The molecule has 0 fully saturated rings. The molecule has 1 N–H and O–H groups in total. The molecular formula is C19H18FNO5. The molecule has 1 aliphatic rings. The number of esters is 1. The zero-order chi connectivity index (χ0) is 18.5. The van der Waals surface area contributed by atoms with Crippen LogP contribution in [0.15, 0.2) is 42.5 Å². The lowest BCUT2D eigenvalue weighted by molar-refractivity contribution is -0.141. The first kappa shape index (κ1) is 17.7. The van der Waals surface area contributed by atoms with Crippen molar-refractivity contribution in [3.05, 3.63) is 59.4 Å². The van der Waals surface area contributed by atoms with Gasteiger partial charge in [-0.15, -0.1) is 0 Å². The van der Waals surface area contributed by atoms with Crippen LogP contribution in [0.3, 0.4) is 0 Å². The Kier molecular flexibility index (Phi) is 5.36. The second kappa shape index (κ2) is 7.86. The van der Waals surface area contributed by atoms with E-state index in [2.05, 4.69) is 10.1 Å². The minimum Gasteiger partial charge on any atom is -0.469 e. The fraction of sp³-hybridized carbons (Fsp3) is 0.263. The van der Waals surface area contributed by atoms with Gasteiger partial charge in [-0.1, -0.05) is 18.2 Å². The molecule has 1 atom stereocenters. The maximum absolute atomic E-state index is 13.1. The van der Waals surface area contributed by atoms with E-state index in [0.29, 0.717) is 17.1 Å². The number of rotatable bonds is 6. The predicted octanol–water partition coefficient (Wildman–Crippen LogP) is 2.52. The molecule has 0 saturated carbocycles. The molecule has 26 heavy (non-hydrogen) atoms. The van der Waals surface area contributed by atoms with Crippen molar-refractivity contribution in [1.82, 2.24) is 5.32 Å². The van der Waals surface area contributed by atoms with Crippen LogP contribution in [0.4, 0.5) is 4.39 Å². The minimum absolute atomic E-state index is 0.0466. The van der Waals surface area contributed by atoms with Crippen LogP contribution in [-0.4, -0.2) is 25.8 Å². The number of carbonyl (C=O) groups excluding carboxylic acids is 2. The predicted molar refractivity (Wildman–Crippen MR) is 90.2 cm³/mol. The van der Waals surface area contributed by atoms with E-state index in [4.69, 9.17) is 9.47 Å². The average molecular weight is 359 g/mol. The third kappa shape index (κ3) is 4.30. The zero-order valence-corrected chi connectivity index (χ0v) is 14.2. The van der Waals surface area contributed by atoms with Gasteiger partial charge in [0.15, 0.2) is 11.5 Å². The van der Waals surface area contributed by atoms with Gasteiger partial charge in [-0.05, 0) is 35.4 Å². The summed E-state index contributed by atoms with van der Waals surface area (Å²) in [7, 11) is 1.28. The van der Waals surface area contributed by atoms with Crippen LogP contribution < -0.4 is 14.8 Å². The molecule has 0 radical (unpaired) electrons. The highest BCUT2D eigenvalue weighted by Gasteiger charge is 2.20. The van der Waals surface area contributed by atoms with Crippen molar-refractivity contribution in [1.29, 1.82) is 0 Å². The summed E-state index contributed by atoms with van der Waals surface area (Å²) in [6, 6.07) is 10.3. The molecule has 1 heterocycles. The van der Waals surface area contributed by atoms with Crippen molar-refractivity contribution >= 4 is 11.9 Å². The first-order valence-corrected chi connectivity index (χ1v) is 8.05. The van der Waals surface area contributed by atoms with E-state index in [9.17, 15) is 14.0 Å². The van der Waals surface area contributed by atoms with Crippen LogP contribution >= 0.6 is 0 Å². The number of hydrogen-bond acceptors (Lipinski definition) is 5. The fourth-order valence-electron chi connectivity index (χ4n) is 2.68. The molecular weight excluding hydrogens is 341 g/mol. The summed E-state index contributed by atoms with van der Waals surface area (Å²) in [6.45, 7) is 0.163. The Bertz CT molecular complexity index is 806. The van der Waals surface area contributed by atoms with Crippen LogP contribution in [-0.2, 0) is 20.7 Å². The second-order valence-electron chi connectivity index (χ2n) is 5.82. The first-order valence-electron chi connectivity index (χ1n) is 8.05. The quantitative estimate of drug-likeness (QED) is 0.803. The summed E-state index contributed by atoms with van der Waals surface area (Å²) in [5, 5.41) is 2.80. The average Bonchev–Trinajstić information content (AvgIpc) is 3.09. The Labute approximate surface area is 149 Å². The third-order valence-electron chi connectivity index (χ3n) is 4.01. The van der Waals surface area contributed by atoms with E-state index in [1.165, 1.54) is 31.4 Å². The Balaban J connectivity index is 1.70. The van der Waals surface area contributed by atoms with Crippen molar-refractivity contribution in [2.45, 2.75) is 18.9 Å². The van der Waals surface area contributed by atoms with Crippen LogP contribution in [0, 0.1) is 5.82 Å². The van der Waals surface area contributed by atoms with E-state index in [1.54, 1.807) is 18.2 Å². The molecule has 0 aromatic heterocycles. The number of amides is 1. The van der Waals surface area contributed by atoms with Crippen molar-refractivity contribution in [2.24, 2.45) is 0 Å². The first-order chi connectivity index (χ1) is 12.5. The monoisotopic (exact) mass is 359 g/mol. The molecule has 1 aliphatic heterocycles. The van der Waals surface area contributed by atoms with Crippen molar-refractivity contribution in [3.8, 4) is 11.5 Å². The number of fused-ring (bicyclic) bond motifs is 1. The number of carbonyl (C=O) groups is 2. The van der Waals surface area contributed by atoms with E-state index < -0.39 is 17.8 Å². The number of methoxy groups -OCH3 is 1. The summed E-state index contributed by atoms with van der Waals surface area (Å²) in [5.41, 5.74) is 1.37. The van der Waals surface area contributed by atoms with Gasteiger partial charge in [0.05, 0.1) is 26.0 Å². The van der Waals surface area contributed by atoms with Gasteiger partial charge in [-0.25, -0.2) is 4.39 Å². The molecule has 6 nitrogen and oxygen atoms in total. The summed E-state index contributed by atoms with van der Waals surface area (Å²) in [6.07, 6.45) is 0.0600. The molecule has 136 valence electrons. The van der Waals surface area contributed by atoms with Crippen LogP contribution in [0.25, 0.3) is 0 Å². The molecule has 0 saturated heterocycles. The topological polar surface area (TPSA) is 73.9 Å². The van der Waals surface area contributed by atoms with E-state index in [-0.39, 0.29) is 25.5 Å². The van der Waals surface area contributed by atoms with Crippen LogP contribution in [0.5, 0.6) is 11.5 Å². The summed E-state index contributed by atoms with van der Waals surface area (Å²) in [5.74, 6) is 0.103. The highest BCUT2D eigenvalue weighted by atomic mass is 19.1. The van der Waals surface area contributed by atoms with Gasteiger partial charge in [-0.3, -0.25) is 9.59 Å². The molecule has 0 spiro atoms. The number of ether oxygens (including phenoxy) is 3. The summed E-state index contributed by atoms with van der Waals surface area (Å²) >= 11 is 0. The van der Waals surface area contributed by atoms with E-state index in [1.807, 2.05) is 0 Å². The lowest BCUT2D eigenvalue weighted by atomic mass is 10.0. The zero-order valence-electron chi connectivity index (χ0n) is 14.2. The number of hydrogen-bond donors (Lipinski definition) is 1. The number of benzene rings is 2. The fourth-order valence-corrected chi connectivity index (χ4v) is 2.68. The van der Waals surface area contributed by atoms with Crippen LogP contribution in [0.2, 0.25) is 0 Å². The van der Waals surface area contributed by atoms with E-state index >= 15 is 0 Å². The summed E-state index contributed by atoms with van der Waals surface area (Å²) < 4.78 is 28.4. The van der Waals surface area contributed by atoms with Gasteiger partial charge in [0.1, 0.15) is 5.82 Å². The second-order valence-corrected chi connectivity index (χ2v) is 5.82. The summed E-state index contributed by atoms with van der Waals surface area (Å²) in [4.78, 5) is 24.1. The van der Waals surface area contributed by atoms with E-state index in [0.717, 1.165) is 5.56 Å². The lowest BCUT2D eigenvalue weighted by Gasteiger charge is -2.18. The molecule has 0 unspecified atom stereocenters. The Morgan fingerprint density at radius 2 is 1.88 bits per heavy atom. The normalized spacial score (nSPS) is 13.2. The highest BCUT2D eigenvalue weighted by molar-refractivity contribution is 5.80. The highest BCUT2D eigenvalue weighted by Crippen LogP contribution is 2.32. The van der Waals surface area contributed by atoms with Gasteiger partial charge in [-0.2, -0.15) is 0 Å². The van der Waals surface area contributed by atoms with Gasteiger partial charge in [0.2, 0.25) is 12.7 Å². The molecule has 2 aromatic carbocycles. The van der Waals surface area contributed by atoms with Gasteiger partial charge < -0.3 is 19.5 Å². The standard InChI is InChI=1S/C19H18FNO5/c1-24-19(23)10-15(13-3-5-14(20)6-4-13)21-18(22)9-12-2-7-16-17(8-12)26-11-25-16/h2-8,15H,9-11H2,1H3,(H,21,22)/t15-/m0/s1. The number of nitrogens with one attached hydrogen (secondary N) is 1. The smallest absolute Gasteiger partial charge is 0.307 e. The maximum Gasteiger partial charge on any atom is 0.307 e.